The zero-order valence-corrected chi connectivity index (χ0v) is 14.1. The lowest BCUT2D eigenvalue weighted by molar-refractivity contribution is 0.204. The van der Waals surface area contributed by atoms with Gasteiger partial charge in [-0.05, 0) is 50.2 Å². The van der Waals surface area contributed by atoms with Gasteiger partial charge >= 0.3 is 0 Å². The fourth-order valence-corrected chi connectivity index (χ4v) is 2.24. The van der Waals surface area contributed by atoms with Crippen LogP contribution in [0.4, 0.5) is 0 Å². The van der Waals surface area contributed by atoms with Gasteiger partial charge in [0.1, 0.15) is 17.3 Å². The molecule has 21 heavy (non-hydrogen) atoms. The summed E-state index contributed by atoms with van der Waals surface area (Å²) in [4.78, 5) is 2.92. The second kappa shape index (κ2) is 10.6. The van der Waals surface area contributed by atoms with E-state index in [9.17, 15) is 0 Å². The van der Waals surface area contributed by atoms with Crippen molar-refractivity contribution in [3.63, 3.8) is 0 Å². The SMILES string of the molecule is CCCCN(CCCC)CCOc1ccc(C(N)=S)cc1. The Hall–Kier alpha value is -1.13. The number of unbranched alkanes of at least 4 members (excludes halogenated alkanes) is 2. The molecule has 0 aliphatic heterocycles. The number of nitrogens with two attached hydrogens (primary N) is 1. The molecule has 0 bridgehead atoms. The summed E-state index contributed by atoms with van der Waals surface area (Å²) < 4.78 is 5.81. The number of thiocarbonyl (C=S) groups is 1. The maximum Gasteiger partial charge on any atom is 0.119 e. The van der Waals surface area contributed by atoms with Gasteiger partial charge in [0.15, 0.2) is 0 Å². The van der Waals surface area contributed by atoms with Crippen LogP contribution in [0.25, 0.3) is 0 Å². The van der Waals surface area contributed by atoms with Gasteiger partial charge in [-0.1, -0.05) is 38.9 Å². The number of rotatable bonds is 11. The largest absolute Gasteiger partial charge is 0.492 e. The van der Waals surface area contributed by atoms with E-state index in [1.807, 2.05) is 24.3 Å². The molecule has 0 aliphatic rings. The molecule has 4 heteroatoms. The summed E-state index contributed by atoms with van der Waals surface area (Å²) in [6, 6.07) is 7.67. The average Bonchev–Trinajstić information content (AvgIpc) is 2.50. The average molecular weight is 308 g/mol. The highest BCUT2D eigenvalue weighted by atomic mass is 32.1. The summed E-state index contributed by atoms with van der Waals surface area (Å²) in [6.07, 6.45) is 4.99. The number of hydrogen-bond donors (Lipinski definition) is 1. The van der Waals surface area contributed by atoms with Crippen LogP contribution in [-0.2, 0) is 0 Å². The van der Waals surface area contributed by atoms with E-state index in [4.69, 9.17) is 22.7 Å². The van der Waals surface area contributed by atoms with Crippen molar-refractivity contribution < 1.29 is 4.74 Å². The van der Waals surface area contributed by atoms with Crippen LogP contribution in [-0.4, -0.2) is 36.1 Å². The summed E-state index contributed by atoms with van der Waals surface area (Å²) in [5, 5.41) is 0. The Morgan fingerprint density at radius 1 is 1.05 bits per heavy atom. The molecule has 1 rings (SSSR count). The molecule has 1 aromatic carbocycles. The molecular weight excluding hydrogens is 280 g/mol. The standard InChI is InChI=1S/C17H28N2OS/c1-3-5-11-19(12-6-4-2)13-14-20-16-9-7-15(8-10-16)17(18)21/h7-10H,3-6,11-14H2,1-2H3,(H2,18,21). The van der Waals surface area contributed by atoms with Gasteiger partial charge in [-0.25, -0.2) is 0 Å². The zero-order chi connectivity index (χ0) is 15.5. The van der Waals surface area contributed by atoms with Gasteiger partial charge in [-0.15, -0.1) is 0 Å². The third-order valence-corrected chi connectivity index (χ3v) is 3.71. The Bertz CT molecular complexity index is 398. The van der Waals surface area contributed by atoms with E-state index >= 15 is 0 Å². The first-order chi connectivity index (χ1) is 10.2. The maximum absolute atomic E-state index is 5.81. The van der Waals surface area contributed by atoms with Gasteiger partial charge in [0.25, 0.3) is 0 Å². The number of benzene rings is 1. The second-order valence-corrected chi connectivity index (χ2v) is 5.73. The van der Waals surface area contributed by atoms with Crippen molar-refractivity contribution in [2.75, 3.05) is 26.2 Å². The van der Waals surface area contributed by atoms with Crippen molar-refractivity contribution in [2.45, 2.75) is 39.5 Å². The molecule has 118 valence electrons. The highest BCUT2D eigenvalue weighted by Crippen LogP contribution is 2.12. The van der Waals surface area contributed by atoms with Crippen molar-refractivity contribution in [3.8, 4) is 5.75 Å². The Morgan fingerprint density at radius 3 is 2.10 bits per heavy atom. The van der Waals surface area contributed by atoms with E-state index in [1.54, 1.807) is 0 Å². The molecule has 0 atom stereocenters. The molecule has 0 saturated carbocycles. The van der Waals surface area contributed by atoms with Gasteiger partial charge < -0.3 is 10.5 Å². The maximum atomic E-state index is 5.81. The zero-order valence-electron chi connectivity index (χ0n) is 13.3. The number of hydrogen-bond acceptors (Lipinski definition) is 3. The molecule has 0 spiro atoms. The second-order valence-electron chi connectivity index (χ2n) is 5.29. The minimum Gasteiger partial charge on any atom is -0.492 e. The molecular formula is C17H28N2OS. The molecule has 1 aromatic rings. The van der Waals surface area contributed by atoms with Gasteiger partial charge in [0.05, 0.1) is 0 Å². The molecule has 0 radical (unpaired) electrons. The Labute approximate surface area is 134 Å². The van der Waals surface area contributed by atoms with Crippen LogP contribution in [0.3, 0.4) is 0 Å². The van der Waals surface area contributed by atoms with Crippen LogP contribution in [0.2, 0.25) is 0 Å². The molecule has 0 aromatic heterocycles. The summed E-state index contributed by atoms with van der Waals surface area (Å²) in [5.41, 5.74) is 6.46. The molecule has 3 nitrogen and oxygen atoms in total. The minimum absolute atomic E-state index is 0.423. The Morgan fingerprint density at radius 2 is 1.62 bits per heavy atom. The molecule has 0 saturated heterocycles. The molecule has 0 fully saturated rings. The van der Waals surface area contributed by atoms with Crippen LogP contribution in [0.1, 0.15) is 45.1 Å². The van der Waals surface area contributed by atoms with E-state index in [2.05, 4.69) is 18.7 Å². The van der Waals surface area contributed by atoms with Gasteiger partial charge in [-0.2, -0.15) is 0 Å². The summed E-state index contributed by atoms with van der Waals surface area (Å²) in [6.45, 7) is 8.51. The first kappa shape index (κ1) is 17.9. The van der Waals surface area contributed by atoms with Crippen molar-refractivity contribution >= 4 is 17.2 Å². The van der Waals surface area contributed by atoms with Crippen LogP contribution in [0, 0.1) is 0 Å². The molecule has 0 heterocycles. The van der Waals surface area contributed by atoms with E-state index in [0.717, 1.165) is 24.5 Å². The smallest absolute Gasteiger partial charge is 0.119 e. The summed E-state index contributed by atoms with van der Waals surface area (Å²) in [7, 11) is 0. The van der Waals surface area contributed by atoms with Crippen molar-refractivity contribution in [3.05, 3.63) is 29.8 Å². The fourth-order valence-electron chi connectivity index (χ4n) is 2.11. The Balaban J connectivity index is 2.36. The van der Waals surface area contributed by atoms with Gasteiger partial charge in [0, 0.05) is 12.1 Å². The molecule has 0 amide bonds. The topological polar surface area (TPSA) is 38.5 Å². The fraction of sp³-hybridized carbons (Fsp3) is 0.588. The monoisotopic (exact) mass is 308 g/mol. The van der Waals surface area contributed by atoms with Crippen molar-refractivity contribution in [1.82, 2.24) is 4.90 Å². The highest BCUT2D eigenvalue weighted by Gasteiger charge is 2.04. The third-order valence-electron chi connectivity index (χ3n) is 3.47. The first-order valence-corrected chi connectivity index (χ1v) is 8.33. The van der Waals surface area contributed by atoms with E-state index in [-0.39, 0.29) is 0 Å². The number of ether oxygens (including phenoxy) is 1. The highest BCUT2D eigenvalue weighted by molar-refractivity contribution is 7.80. The van der Waals surface area contributed by atoms with Crippen LogP contribution in [0.15, 0.2) is 24.3 Å². The van der Waals surface area contributed by atoms with Gasteiger partial charge in [0.2, 0.25) is 0 Å². The van der Waals surface area contributed by atoms with Crippen LogP contribution < -0.4 is 10.5 Å². The lowest BCUT2D eigenvalue weighted by atomic mass is 10.2. The predicted octanol–water partition coefficient (Wildman–Crippen LogP) is 3.60. The molecule has 0 aliphatic carbocycles. The van der Waals surface area contributed by atoms with Crippen molar-refractivity contribution in [1.29, 1.82) is 0 Å². The quantitative estimate of drug-likeness (QED) is 0.634. The normalized spacial score (nSPS) is 10.8. The lowest BCUT2D eigenvalue weighted by Gasteiger charge is -2.22. The molecule has 2 N–H and O–H groups in total. The predicted molar refractivity (Wildman–Crippen MR) is 94.1 cm³/mol. The van der Waals surface area contributed by atoms with Crippen LogP contribution in [0.5, 0.6) is 5.75 Å². The third kappa shape index (κ3) is 7.44. The molecule has 0 unspecified atom stereocenters. The van der Waals surface area contributed by atoms with E-state index < -0.39 is 0 Å². The van der Waals surface area contributed by atoms with Gasteiger partial charge in [-0.3, -0.25) is 4.90 Å². The number of nitrogens with zero attached hydrogens (tertiary/aromatic N) is 1. The summed E-state index contributed by atoms with van der Waals surface area (Å²) >= 11 is 4.94. The minimum atomic E-state index is 0.423. The van der Waals surface area contributed by atoms with E-state index in [1.165, 1.54) is 38.8 Å². The lowest BCUT2D eigenvalue weighted by Crippen LogP contribution is -2.30. The van der Waals surface area contributed by atoms with Crippen molar-refractivity contribution in [2.24, 2.45) is 5.73 Å². The van der Waals surface area contributed by atoms with E-state index in [0.29, 0.717) is 4.99 Å². The Kier molecular flexibility index (Phi) is 9.02. The summed E-state index contributed by atoms with van der Waals surface area (Å²) in [5.74, 6) is 0.876. The first-order valence-electron chi connectivity index (χ1n) is 7.92. The van der Waals surface area contributed by atoms with Crippen LogP contribution >= 0.6 is 12.2 Å².